The predicted molar refractivity (Wildman–Crippen MR) is 82.6 cm³/mol. The second kappa shape index (κ2) is 7.17. The van der Waals surface area contributed by atoms with Crippen LogP contribution in [0.15, 0.2) is 33.4 Å². The molecule has 1 aliphatic heterocycles. The molecule has 0 radical (unpaired) electrons. The lowest BCUT2D eigenvalue weighted by atomic mass is 9.95. The molecule has 2 unspecified atom stereocenters. The molecule has 0 bridgehead atoms. The Bertz CT molecular complexity index is 809. The van der Waals surface area contributed by atoms with Crippen LogP contribution in [-0.4, -0.2) is 30.3 Å². The van der Waals surface area contributed by atoms with Crippen LogP contribution < -0.4 is 0 Å². The van der Waals surface area contributed by atoms with Crippen molar-refractivity contribution in [1.29, 1.82) is 5.26 Å². The van der Waals surface area contributed by atoms with Gasteiger partial charge in [0.2, 0.25) is 5.90 Å². The summed E-state index contributed by atoms with van der Waals surface area (Å²) < 4.78 is 83.0. The van der Waals surface area contributed by atoms with E-state index in [2.05, 4.69) is 15.2 Å². The molecular weight excluding hydrogens is 378 g/mol. The third kappa shape index (κ3) is 4.56. The van der Waals surface area contributed by atoms with E-state index in [1.807, 2.05) is 0 Å². The van der Waals surface area contributed by atoms with Gasteiger partial charge < -0.3 is 4.74 Å². The van der Waals surface area contributed by atoms with Gasteiger partial charge in [0, 0.05) is 6.42 Å². The number of hydrogen-bond acceptors (Lipinski definition) is 5. The minimum atomic E-state index is -4.79. The Morgan fingerprint density at radius 3 is 2.48 bits per heavy atom. The molecule has 146 valence electrons. The molecule has 0 saturated heterocycles. The van der Waals surface area contributed by atoms with E-state index in [0.717, 1.165) is 12.1 Å². The summed E-state index contributed by atoms with van der Waals surface area (Å²) in [6, 6.07) is 2.10. The molecule has 1 aliphatic rings. The standard InChI is InChI=1S/C16H14F6N4O/c1-3-27-13(14(2)7-12(25-26-14)16(20,21)22)24-10-5-4-9(8-23)11(6-10)15(17,18)19/h4-6,12H,3,7H2,1-2H3/b24-13-. The Hall–Kier alpha value is -2.64. The number of halogens is 6. The molecule has 0 aromatic heterocycles. The van der Waals surface area contributed by atoms with Crippen LogP contribution in [0.3, 0.4) is 0 Å². The van der Waals surface area contributed by atoms with Crippen molar-refractivity contribution < 1.29 is 31.1 Å². The number of azo groups is 1. The summed E-state index contributed by atoms with van der Waals surface area (Å²) in [7, 11) is 0. The maximum absolute atomic E-state index is 13.1. The summed E-state index contributed by atoms with van der Waals surface area (Å²) in [5.41, 5.74) is -3.59. The van der Waals surface area contributed by atoms with Gasteiger partial charge in [-0.05, 0) is 32.0 Å². The van der Waals surface area contributed by atoms with Crippen molar-refractivity contribution in [2.75, 3.05) is 6.61 Å². The molecule has 1 aromatic carbocycles. The van der Waals surface area contributed by atoms with Crippen LogP contribution in [0.25, 0.3) is 0 Å². The van der Waals surface area contributed by atoms with Gasteiger partial charge in [-0.25, -0.2) is 4.99 Å². The lowest BCUT2D eigenvalue weighted by Gasteiger charge is -2.22. The van der Waals surface area contributed by atoms with Gasteiger partial charge in [-0.1, -0.05) is 0 Å². The molecule has 0 fully saturated rings. The zero-order valence-corrected chi connectivity index (χ0v) is 14.2. The minimum absolute atomic E-state index is 0.0169. The molecule has 11 heteroatoms. The van der Waals surface area contributed by atoms with Gasteiger partial charge in [0.1, 0.15) is 0 Å². The van der Waals surface area contributed by atoms with E-state index in [-0.39, 0.29) is 18.2 Å². The highest BCUT2D eigenvalue weighted by Gasteiger charge is 2.51. The highest BCUT2D eigenvalue weighted by atomic mass is 19.4. The second-order valence-corrected chi connectivity index (χ2v) is 5.94. The zero-order chi connectivity index (χ0) is 20.5. The van der Waals surface area contributed by atoms with E-state index in [0.29, 0.717) is 6.07 Å². The largest absolute Gasteiger partial charge is 0.479 e. The quantitative estimate of drug-likeness (QED) is 0.404. The molecule has 2 rings (SSSR count). The van der Waals surface area contributed by atoms with Gasteiger partial charge in [0.15, 0.2) is 11.6 Å². The van der Waals surface area contributed by atoms with E-state index in [1.54, 1.807) is 6.92 Å². The van der Waals surface area contributed by atoms with Gasteiger partial charge in [-0.15, -0.1) is 0 Å². The fraction of sp³-hybridized carbons (Fsp3) is 0.500. The van der Waals surface area contributed by atoms with Gasteiger partial charge in [-0.2, -0.15) is 41.8 Å². The van der Waals surface area contributed by atoms with Crippen LogP contribution in [0.1, 0.15) is 31.4 Å². The SMILES string of the molecule is CCO/C(=N\c1ccc(C#N)c(C(F)(F)F)c1)C1(C)CC(C(F)(F)F)N=N1. The van der Waals surface area contributed by atoms with Crippen molar-refractivity contribution in [3.8, 4) is 6.07 Å². The zero-order valence-electron chi connectivity index (χ0n) is 14.2. The smallest absolute Gasteiger partial charge is 0.417 e. The van der Waals surface area contributed by atoms with Crippen LogP contribution in [0.2, 0.25) is 0 Å². The summed E-state index contributed by atoms with van der Waals surface area (Å²) in [6.07, 6.45) is -9.96. The van der Waals surface area contributed by atoms with Crippen molar-refractivity contribution in [2.45, 2.75) is 44.2 Å². The molecule has 27 heavy (non-hydrogen) atoms. The van der Waals surface area contributed by atoms with Crippen molar-refractivity contribution in [1.82, 2.24) is 0 Å². The Kier molecular flexibility index (Phi) is 5.49. The number of ether oxygens (including phenoxy) is 1. The predicted octanol–water partition coefficient (Wildman–Crippen LogP) is 5.19. The average molecular weight is 392 g/mol. The summed E-state index contributed by atoms with van der Waals surface area (Å²) >= 11 is 0. The van der Waals surface area contributed by atoms with E-state index in [4.69, 9.17) is 10.00 Å². The van der Waals surface area contributed by atoms with Crippen LogP contribution >= 0.6 is 0 Å². The number of nitriles is 1. The van der Waals surface area contributed by atoms with Crippen molar-refractivity contribution in [3.05, 3.63) is 29.3 Å². The molecule has 0 aliphatic carbocycles. The van der Waals surface area contributed by atoms with Crippen LogP contribution in [0, 0.1) is 11.3 Å². The first-order chi connectivity index (χ1) is 12.4. The molecule has 0 N–H and O–H groups in total. The number of nitrogens with zero attached hydrogens (tertiary/aromatic N) is 4. The number of alkyl halides is 6. The summed E-state index contributed by atoms with van der Waals surface area (Å²) in [6.45, 7) is 2.88. The monoisotopic (exact) mass is 392 g/mol. The van der Waals surface area contributed by atoms with Crippen molar-refractivity contribution in [3.63, 3.8) is 0 Å². The Balaban J connectivity index is 2.45. The summed E-state index contributed by atoms with van der Waals surface area (Å²) in [5.74, 6) is -0.279. The number of rotatable bonds is 3. The van der Waals surface area contributed by atoms with E-state index in [9.17, 15) is 26.3 Å². The highest BCUT2D eigenvalue weighted by molar-refractivity contribution is 5.88. The lowest BCUT2D eigenvalue weighted by Crippen LogP contribution is -2.37. The molecule has 1 aromatic rings. The van der Waals surface area contributed by atoms with Crippen LogP contribution in [0.4, 0.5) is 32.0 Å². The van der Waals surface area contributed by atoms with Crippen molar-refractivity contribution in [2.24, 2.45) is 15.2 Å². The Labute approximate surface area is 150 Å². The number of aliphatic imine (C=N–C) groups is 1. The maximum atomic E-state index is 13.1. The third-order valence-electron chi connectivity index (χ3n) is 3.79. The first-order valence-corrected chi connectivity index (χ1v) is 7.72. The minimum Gasteiger partial charge on any atom is -0.479 e. The van der Waals surface area contributed by atoms with Gasteiger partial charge >= 0.3 is 12.4 Å². The molecule has 5 nitrogen and oxygen atoms in total. The molecule has 1 heterocycles. The second-order valence-electron chi connectivity index (χ2n) is 5.94. The highest BCUT2D eigenvalue weighted by Crippen LogP contribution is 2.39. The van der Waals surface area contributed by atoms with Gasteiger partial charge in [-0.3, -0.25) is 0 Å². The first-order valence-electron chi connectivity index (χ1n) is 7.72. The van der Waals surface area contributed by atoms with Crippen LogP contribution in [0.5, 0.6) is 0 Å². The van der Waals surface area contributed by atoms with E-state index in [1.165, 1.54) is 13.0 Å². The normalized spacial score (nSPS) is 23.4. The molecule has 2 atom stereocenters. The third-order valence-corrected chi connectivity index (χ3v) is 3.79. The number of hydrogen-bond donors (Lipinski definition) is 0. The molecular formula is C16H14F6N4O. The Morgan fingerprint density at radius 1 is 1.33 bits per heavy atom. The summed E-state index contributed by atoms with van der Waals surface area (Å²) in [4.78, 5) is 3.93. The molecule has 0 amide bonds. The topological polar surface area (TPSA) is 70.1 Å². The van der Waals surface area contributed by atoms with Crippen molar-refractivity contribution >= 4 is 11.6 Å². The fourth-order valence-electron chi connectivity index (χ4n) is 2.46. The molecule has 0 saturated carbocycles. The maximum Gasteiger partial charge on any atom is 0.417 e. The Morgan fingerprint density at radius 2 is 2.00 bits per heavy atom. The average Bonchev–Trinajstić information content (AvgIpc) is 2.97. The number of benzene rings is 1. The lowest BCUT2D eigenvalue weighted by molar-refractivity contribution is -0.147. The molecule has 0 spiro atoms. The van der Waals surface area contributed by atoms with E-state index < -0.39 is 41.5 Å². The van der Waals surface area contributed by atoms with Crippen LogP contribution in [-0.2, 0) is 10.9 Å². The fourth-order valence-corrected chi connectivity index (χ4v) is 2.46. The van der Waals surface area contributed by atoms with Gasteiger partial charge in [0.05, 0.1) is 29.5 Å². The van der Waals surface area contributed by atoms with E-state index >= 15 is 0 Å². The first kappa shape index (κ1) is 20.7. The van der Waals surface area contributed by atoms with Gasteiger partial charge in [0.25, 0.3) is 0 Å². The summed E-state index contributed by atoms with van der Waals surface area (Å²) in [5, 5.41) is 15.6.